The normalized spacial score (nSPS) is 12.0. The predicted octanol–water partition coefficient (Wildman–Crippen LogP) is 1.93. The molecular weight excluding hydrogens is 376 g/mol. The summed E-state index contributed by atoms with van der Waals surface area (Å²) in [4.78, 5) is 32.8. The van der Waals surface area contributed by atoms with E-state index >= 15 is 0 Å². The first-order valence-corrected chi connectivity index (χ1v) is 8.88. The molecule has 0 radical (unpaired) electrons. The highest BCUT2D eigenvalue weighted by atomic mass is 16.6. The lowest BCUT2D eigenvalue weighted by Gasteiger charge is -2.09. The standard InChI is InChI=1S/C19H16N6O4/c1-12(18-21-17(23-29-18)13-5-4-9-20-11-13)28-16(26)8-10-25-19(27)14-6-2-3-7-15(14)22-24-25/h2-7,9,11-12H,8,10H2,1H3. The molecule has 10 heteroatoms. The van der Waals surface area contributed by atoms with Gasteiger partial charge in [0.25, 0.3) is 11.4 Å². The van der Waals surface area contributed by atoms with Gasteiger partial charge in [0.15, 0.2) is 6.10 Å². The largest absolute Gasteiger partial charge is 0.452 e. The van der Waals surface area contributed by atoms with E-state index in [1.54, 1.807) is 55.7 Å². The number of aromatic nitrogens is 6. The van der Waals surface area contributed by atoms with E-state index in [2.05, 4.69) is 25.4 Å². The number of hydrogen-bond donors (Lipinski definition) is 0. The third-order valence-corrected chi connectivity index (χ3v) is 4.17. The number of ether oxygens (including phenoxy) is 1. The zero-order valence-corrected chi connectivity index (χ0v) is 15.4. The summed E-state index contributed by atoms with van der Waals surface area (Å²) in [6.45, 7) is 1.67. The molecule has 4 aromatic rings. The van der Waals surface area contributed by atoms with Crippen molar-refractivity contribution in [3.63, 3.8) is 0 Å². The number of rotatable bonds is 6. The molecule has 3 heterocycles. The Bertz CT molecular complexity index is 1200. The molecular formula is C19H16N6O4. The number of pyridine rings is 1. The van der Waals surface area contributed by atoms with Gasteiger partial charge in [-0.2, -0.15) is 4.98 Å². The van der Waals surface area contributed by atoms with Gasteiger partial charge in [0, 0.05) is 18.0 Å². The molecule has 0 aliphatic carbocycles. The van der Waals surface area contributed by atoms with E-state index in [4.69, 9.17) is 9.26 Å². The SMILES string of the molecule is CC(OC(=O)CCn1nnc2ccccc2c1=O)c1nc(-c2cccnc2)no1. The van der Waals surface area contributed by atoms with Crippen LogP contribution in [0.4, 0.5) is 0 Å². The van der Waals surface area contributed by atoms with E-state index in [-0.39, 0.29) is 24.4 Å². The summed E-state index contributed by atoms with van der Waals surface area (Å²) in [5.74, 6) is -0.00524. The van der Waals surface area contributed by atoms with Gasteiger partial charge in [-0.1, -0.05) is 22.5 Å². The quantitative estimate of drug-likeness (QED) is 0.452. The lowest BCUT2D eigenvalue weighted by Crippen LogP contribution is -2.26. The third-order valence-electron chi connectivity index (χ3n) is 4.17. The molecule has 0 aliphatic rings. The van der Waals surface area contributed by atoms with E-state index in [0.29, 0.717) is 22.3 Å². The van der Waals surface area contributed by atoms with Crippen molar-refractivity contribution in [2.75, 3.05) is 0 Å². The third kappa shape index (κ3) is 4.00. The number of esters is 1. The number of carbonyl (C=O) groups is 1. The lowest BCUT2D eigenvalue weighted by molar-refractivity contribution is -0.150. The number of carbonyl (C=O) groups excluding carboxylic acids is 1. The highest BCUT2D eigenvalue weighted by Crippen LogP contribution is 2.20. The maximum absolute atomic E-state index is 12.4. The lowest BCUT2D eigenvalue weighted by atomic mass is 10.2. The Balaban J connectivity index is 1.38. The molecule has 1 unspecified atom stereocenters. The van der Waals surface area contributed by atoms with Gasteiger partial charge in [0.2, 0.25) is 5.82 Å². The Labute approximate surface area is 164 Å². The smallest absolute Gasteiger partial charge is 0.308 e. The van der Waals surface area contributed by atoms with Crippen molar-refractivity contribution in [3.05, 3.63) is 65.0 Å². The molecule has 0 bridgehead atoms. The predicted molar refractivity (Wildman–Crippen MR) is 100 cm³/mol. The zero-order chi connectivity index (χ0) is 20.2. The van der Waals surface area contributed by atoms with Crippen LogP contribution in [-0.2, 0) is 16.1 Å². The molecule has 4 rings (SSSR count). The van der Waals surface area contributed by atoms with Crippen LogP contribution in [0.3, 0.4) is 0 Å². The second-order valence-corrected chi connectivity index (χ2v) is 6.21. The molecule has 0 spiro atoms. The maximum Gasteiger partial charge on any atom is 0.308 e. The van der Waals surface area contributed by atoms with Crippen LogP contribution >= 0.6 is 0 Å². The minimum atomic E-state index is -0.736. The van der Waals surface area contributed by atoms with Crippen molar-refractivity contribution in [1.29, 1.82) is 0 Å². The van der Waals surface area contributed by atoms with Gasteiger partial charge >= 0.3 is 5.97 Å². The number of nitrogens with zero attached hydrogens (tertiary/aromatic N) is 6. The van der Waals surface area contributed by atoms with E-state index in [1.165, 1.54) is 0 Å². The van der Waals surface area contributed by atoms with Crippen LogP contribution in [0.15, 0.2) is 58.1 Å². The summed E-state index contributed by atoms with van der Waals surface area (Å²) in [7, 11) is 0. The Morgan fingerprint density at radius 1 is 1.24 bits per heavy atom. The molecule has 0 saturated carbocycles. The van der Waals surface area contributed by atoms with E-state index in [1.807, 2.05) is 0 Å². The number of fused-ring (bicyclic) bond motifs is 1. The highest BCUT2D eigenvalue weighted by Gasteiger charge is 2.19. The van der Waals surface area contributed by atoms with Crippen LogP contribution in [0.2, 0.25) is 0 Å². The first-order valence-electron chi connectivity index (χ1n) is 8.88. The molecule has 10 nitrogen and oxygen atoms in total. The molecule has 1 aromatic carbocycles. The van der Waals surface area contributed by atoms with Gasteiger partial charge < -0.3 is 9.26 Å². The number of benzene rings is 1. The van der Waals surface area contributed by atoms with Crippen molar-refractivity contribution >= 4 is 16.9 Å². The molecule has 0 fully saturated rings. The molecule has 0 aliphatic heterocycles. The Morgan fingerprint density at radius 3 is 2.93 bits per heavy atom. The summed E-state index contributed by atoms with van der Waals surface area (Å²) in [6, 6.07) is 10.4. The minimum Gasteiger partial charge on any atom is -0.452 e. The molecule has 29 heavy (non-hydrogen) atoms. The Hall–Kier alpha value is -3.95. The van der Waals surface area contributed by atoms with Crippen LogP contribution < -0.4 is 5.56 Å². The fourth-order valence-corrected chi connectivity index (χ4v) is 2.69. The maximum atomic E-state index is 12.4. The van der Waals surface area contributed by atoms with Crippen molar-refractivity contribution in [2.24, 2.45) is 0 Å². The van der Waals surface area contributed by atoms with Crippen molar-refractivity contribution in [1.82, 2.24) is 30.1 Å². The van der Waals surface area contributed by atoms with Crippen LogP contribution in [-0.4, -0.2) is 36.1 Å². The van der Waals surface area contributed by atoms with Gasteiger partial charge in [0.05, 0.1) is 18.4 Å². The summed E-state index contributed by atoms with van der Waals surface area (Å²) in [6.07, 6.45) is 2.45. The molecule has 0 amide bonds. The van der Waals surface area contributed by atoms with Crippen molar-refractivity contribution in [3.8, 4) is 11.4 Å². The summed E-state index contributed by atoms with van der Waals surface area (Å²) in [5, 5.41) is 12.1. The van der Waals surface area contributed by atoms with Crippen molar-refractivity contribution < 1.29 is 14.1 Å². The van der Waals surface area contributed by atoms with Gasteiger partial charge in [-0.3, -0.25) is 14.6 Å². The summed E-state index contributed by atoms with van der Waals surface area (Å²) >= 11 is 0. The molecule has 1 atom stereocenters. The number of hydrogen-bond acceptors (Lipinski definition) is 9. The average Bonchev–Trinajstić information content (AvgIpc) is 3.25. The fourth-order valence-electron chi connectivity index (χ4n) is 2.69. The molecule has 0 N–H and O–H groups in total. The fraction of sp³-hybridized carbons (Fsp3) is 0.211. The van der Waals surface area contributed by atoms with Gasteiger partial charge in [0.1, 0.15) is 5.52 Å². The number of aryl methyl sites for hydroxylation is 1. The average molecular weight is 392 g/mol. The topological polar surface area (TPSA) is 126 Å². The Kier molecular flexibility index (Phi) is 5.06. The van der Waals surface area contributed by atoms with E-state index < -0.39 is 12.1 Å². The highest BCUT2D eigenvalue weighted by molar-refractivity contribution is 5.76. The Morgan fingerprint density at radius 2 is 2.10 bits per heavy atom. The van der Waals surface area contributed by atoms with E-state index in [0.717, 1.165) is 4.68 Å². The van der Waals surface area contributed by atoms with Crippen LogP contribution in [0.25, 0.3) is 22.3 Å². The summed E-state index contributed by atoms with van der Waals surface area (Å²) in [5.41, 5.74) is 0.885. The van der Waals surface area contributed by atoms with Crippen LogP contribution in [0, 0.1) is 0 Å². The molecule has 3 aromatic heterocycles. The second kappa shape index (κ2) is 7.97. The zero-order valence-electron chi connectivity index (χ0n) is 15.4. The van der Waals surface area contributed by atoms with Crippen LogP contribution in [0.1, 0.15) is 25.3 Å². The van der Waals surface area contributed by atoms with E-state index in [9.17, 15) is 9.59 Å². The monoisotopic (exact) mass is 392 g/mol. The van der Waals surface area contributed by atoms with Crippen LogP contribution in [0.5, 0.6) is 0 Å². The molecule has 146 valence electrons. The van der Waals surface area contributed by atoms with Crippen molar-refractivity contribution in [2.45, 2.75) is 26.0 Å². The first-order chi connectivity index (χ1) is 14.1. The first kappa shape index (κ1) is 18.4. The molecule has 0 saturated heterocycles. The second-order valence-electron chi connectivity index (χ2n) is 6.21. The van der Waals surface area contributed by atoms with Gasteiger partial charge in [-0.25, -0.2) is 4.68 Å². The van der Waals surface area contributed by atoms with Gasteiger partial charge in [-0.15, -0.1) is 5.10 Å². The minimum absolute atomic E-state index is 0.0486. The van der Waals surface area contributed by atoms with Gasteiger partial charge in [-0.05, 0) is 31.2 Å². The summed E-state index contributed by atoms with van der Waals surface area (Å²) < 4.78 is 11.6.